The second-order valence-electron chi connectivity index (χ2n) is 18.6. The smallest absolute Gasteiger partial charge is 0.295 e. The van der Waals surface area contributed by atoms with Crippen molar-refractivity contribution in [3.05, 3.63) is 83.9 Å². The molecule has 0 spiro atoms. The standard InChI is InChI=1S/2C28H44O3S.H3N/c2*1-2-3-4-5-6-7-8-9-10-11-12-13-14-15-16-17-21-26-24-23-25-20-18-19-22-27(25)28(26)32(29,30)31;/h2*18-20,22-24H,2-17,21H2,1H3,(H,29,30,31);1H3. The summed E-state index contributed by atoms with van der Waals surface area (Å²) in [4.78, 5) is 0.188. The Morgan fingerprint density at radius 2 is 0.554 bits per heavy atom. The van der Waals surface area contributed by atoms with E-state index in [9.17, 15) is 25.9 Å². The van der Waals surface area contributed by atoms with Gasteiger partial charge in [-0.15, -0.1) is 0 Å². The van der Waals surface area contributed by atoms with Crippen LogP contribution >= 0.6 is 0 Å². The molecular formula is C56H91NO6S2. The van der Waals surface area contributed by atoms with Gasteiger partial charge in [0.1, 0.15) is 9.79 Å². The van der Waals surface area contributed by atoms with Crippen LogP contribution in [0.4, 0.5) is 0 Å². The Labute approximate surface area is 397 Å². The molecule has 4 rings (SSSR count). The van der Waals surface area contributed by atoms with Gasteiger partial charge in [-0.25, -0.2) is 0 Å². The molecule has 0 atom stereocenters. The first-order chi connectivity index (χ1) is 31.1. The molecule has 4 aromatic rings. The van der Waals surface area contributed by atoms with Gasteiger partial charge in [0.05, 0.1) is 0 Å². The van der Waals surface area contributed by atoms with Crippen LogP contribution in [-0.2, 0) is 33.1 Å². The van der Waals surface area contributed by atoms with Crippen LogP contribution in [0.5, 0.6) is 0 Å². The van der Waals surface area contributed by atoms with Gasteiger partial charge in [-0.2, -0.15) is 16.8 Å². The predicted molar refractivity (Wildman–Crippen MR) is 279 cm³/mol. The first-order valence-corrected chi connectivity index (χ1v) is 28.9. The van der Waals surface area contributed by atoms with Crippen LogP contribution in [0.25, 0.3) is 21.5 Å². The van der Waals surface area contributed by atoms with Crippen molar-refractivity contribution in [2.24, 2.45) is 0 Å². The molecule has 0 saturated carbocycles. The SMILES string of the molecule is CCCCCCCCCCCCCCCCCCc1ccc2ccccc2c1S(=O)(=O)O.CCCCCCCCCCCCCCCCCCc1ccc2ccccc2c1S(=O)(=O)O.N. The minimum Gasteiger partial charge on any atom is -0.344 e. The normalized spacial score (nSPS) is 11.8. The van der Waals surface area contributed by atoms with Crippen molar-refractivity contribution in [2.75, 3.05) is 0 Å². The van der Waals surface area contributed by atoms with Crippen molar-refractivity contribution < 1.29 is 25.9 Å². The Kier molecular flexibility index (Phi) is 31.7. The molecule has 0 bridgehead atoms. The summed E-state index contributed by atoms with van der Waals surface area (Å²) in [6, 6.07) is 22.3. The van der Waals surface area contributed by atoms with E-state index >= 15 is 0 Å². The summed E-state index contributed by atoms with van der Waals surface area (Å²) in [5, 5.41) is 2.92. The quantitative estimate of drug-likeness (QED) is 0.0304. The molecule has 0 amide bonds. The molecule has 4 aromatic carbocycles. The molecule has 9 heteroatoms. The summed E-state index contributed by atoms with van der Waals surface area (Å²) in [7, 11) is -8.46. The van der Waals surface area contributed by atoms with Crippen molar-refractivity contribution in [2.45, 2.75) is 242 Å². The van der Waals surface area contributed by atoms with E-state index in [1.807, 2.05) is 60.7 Å². The van der Waals surface area contributed by atoms with Crippen LogP contribution in [0.2, 0.25) is 0 Å². The average molecular weight is 938 g/mol. The van der Waals surface area contributed by atoms with E-state index in [0.29, 0.717) is 23.6 Å². The van der Waals surface area contributed by atoms with Crippen LogP contribution in [0.3, 0.4) is 0 Å². The summed E-state index contributed by atoms with van der Waals surface area (Å²) in [6.45, 7) is 4.54. The molecule has 5 N–H and O–H groups in total. The van der Waals surface area contributed by atoms with E-state index in [2.05, 4.69) is 13.8 Å². The highest BCUT2D eigenvalue weighted by molar-refractivity contribution is 7.86. The Morgan fingerprint density at radius 3 is 0.800 bits per heavy atom. The van der Waals surface area contributed by atoms with Crippen molar-refractivity contribution in [3.63, 3.8) is 0 Å². The molecule has 0 heterocycles. The molecule has 0 aromatic heterocycles. The van der Waals surface area contributed by atoms with Gasteiger partial charge in [0.25, 0.3) is 20.2 Å². The average Bonchev–Trinajstić information content (AvgIpc) is 3.27. The number of unbranched alkanes of at least 4 members (excludes halogenated alkanes) is 30. The summed E-state index contributed by atoms with van der Waals surface area (Å²) in [5.74, 6) is 0. The maximum absolute atomic E-state index is 12.0. The van der Waals surface area contributed by atoms with Gasteiger partial charge in [0.2, 0.25) is 0 Å². The lowest BCUT2D eigenvalue weighted by Crippen LogP contribution is -2.04. The van der Waals surface area contributed by atoms with Gasteiger partial charge in [-0.3, -0.25) is 9.11 Å². The van der Waals surface area contributed by atoms with Gasteiger partial charge in [0.15, 0.2) is 0 Å². The third kappa shape index (κ3) is 24.7. The molecular weight excluding hydrogens is 847 g/mol. The molecule has 65 heavy (non-hydrogen) atoms. The second-order valence-corrected chi connectivity index (χ2v) is 21.3. The molecule has 0 saturated heterocycles. The number of hydrogen-bond donors (Lipinski definition) is 3. The van der Waals surface area contributed by atoms with Crippen LogP contribution in [0.15, 0.2) is 82.6 Å². The fourth-order valence-electron chi connectivity index (χ4n) is 9.31. The first kappa shape index (κ1) is 58.3. The van der Waals surface area contributed by atoms with Gasteiger partial charge in [0, 0.05) is 10.8 Å². The zero-order valence-electron chi connectivity index (χ0n) is 41.0. The summed E-state index contributed by atoms with van der Waals surface area (Å²) >= 11 is 0. The third-order valence-corrected chi connectivity index (χ3v) is 15.0. The Bertz CT molecular complexity index is 1900. The van der Waals surface area contributed by atoms with E-state index in [1.54, 1.807) is 12.1 Å². The fourth-order valence-corrected chi connectivity index (χ4v) is 11.2. The minimum absolute atomic E-state index is 0. The topological polar surface area (TPSA) is 144 Å². The third-order valence-electron chi connectivity index (χ3n) is 13.0. The lowest BCUT2D eigenvalue weighted by molar-refractivity contribution is 0.480. The van der Waals surface area contributed by atoms with Crippen molar-refractivity contribution in [1.82, 2.24) is 6.15 Å². The zero-order valence-corrected chi connectivity index (χ0v) is 42.7. The molecule has 0 fully saturated rings. The van der Waals surface area contributed by atoms with E-state index in [1.165, 1.54) is 180 Å². The van der Waals surface area contributed by atoms with Crippen LogP contribution < -0.4 is 6.15 Å². The number of aryl methyl sites for hydroxylation is 2. The molecule has 0 radical (unpaired) electrons. The lowest BCUT2D eigenvalue weighted by Gasteiger charge is -2.11. The highest BCUT2D eigenvalue weighted by Gasteiger charge is 2.20. The molecule has 0 aliphatic heterocycles. The fraction of sp³-hybridized carbons (Fsp3) is 0.643. The predicted octanol–water partition coefficient (Wildman–Crippen LogP) is 17.9. The number of fused-ring (bicyclic) bond motifs is 2. The largest absolute Gasteiger partial charge is 0.344 e. The lowest BCUT2D eigenvalue weighted by atomic mass is 10.0. The van der Waals surface area contributed by atoms with Crippen LogP contribution in [0.1, 0.15) is 230 Å². The summed E-state index contributed by atoms with van der Waals surface area (Å²) in [5.41, 5.74) is 1.47. The van der Waals surface area contributed by atoms with Gasteiger partial charge in [-0.05, 0) is 47.6 Å². The van der Waals surface area contributed by atoms with Gasteiger partial charge < -0.3 is 6.15 Å². The van der Waals surface area contributed by atoms with Crippen molar-refractivity contribution in [1.29, 1.82) is 0 Å². The van der Waals surface area contributed by atoms with Crippen LogP contribution in [0, 0.1) is 0 Å². The maximum Gasteiger partial charge on any atom is 0.295 e. The van der Waals surface area contributed by atoms with Crippen LogP contribution in [-0.4, -0.2) is 25.9 Å². The van der Waals surface area contributed by atoms with E-state index < -0.39 is 20.2 Å². The monoisotopic (exact) mass is 938 g/mol. The zero-order chi connectivity index (χ0) is 46.1. The van der Waals surface area contributed by atoms with Crippen molar-refractivity contribution >= 4 is 41.8 Å². The maximum atomic E-state index is 12.0. The molecule has 368 valence electrons. The summed E-state index contributed by atoms with van der Waals surface area (Å²) < 4.78 is 67.5. The van der Waals surface area contributed by atoms with E-state index in [0.717, 1.165) is 47.6 Å². The summed E-state index contributed by atoms with van der Waals surface area (Å²) in [6.07, 6.45) is 43.7. The Balaban J connectivity index is 0.000000440. The molecule has 0 aliphatic carbocycles. The number of benzene rings is 4. The number of rotatable bonds is 36. The highest BCUT2D eigenvalue weighted by Crippen LogP contribution is 2.30. The van der Waals surface area contributed by atoms with E-state index in [4.69, 9.17) is 0 Å². The highest BCUT2D eigenvalue weighted by atomic mass is 32.2. The first-order valence-electron chi connectivity index (χ1n) is 26.0. The second kappa shape index (κ2) is 35.3. The Hall–Kier alpha value is -2.82. The van der Waals surface area contributed by atoms with Crippen molar-refractivity contribution in [3.8, 4) is 0 Å². The van der Waals surface area contributed by atoms with Gasteiger partial charge >= 0.3 is 0 Å². The molecule has 0 unspecified atom stereocenters. The molecule has 7 nitrogen and oxygen atoms in total. The molecule has 0 aliphatic rings. The van der Waals surface area contributed by atoms with E-state index in [-0.39, 0.29) is 15.9 Å². The Morgan fingerprint density at radius 1 is 0.323 bits per heavy atom. The van der Waals surface area contributed by atoms with Gasteiger partial charge in [-0.1, -0.05) is 279 Å². The number of hydrogen-bond acceptors (Lipinski definition) is 5. The minimum atomic E-state index is -4.23.